The zero-order chi connectivity index (χ0) is 26.4. The molecule has 2 aliphatic rings. The summed E-state index contributed by atoms with van der Waals surface area (Å²) >= 11 is 0. The van der Waals surface area contributed by atoms with E-state index in [1.165, 1.54) is 21.9 Å². The summed E-state index contributed by atoms with van der Waals surface area (Å²) in [7, 11) is 0. The van der Waals surface area contributed by atoms with Gasteiger partial charge in [-0.1, -0.05) is 11.8 Å². The molecule has 0 aliphatic carbocycles. The van der Waals surface area contributed by atoms with E-state index in [1.807, 2.05) is 0 Å². The number of amides is 4. The summed E-state index contributed by atoms with van der Waals surface area (Å²) in [4.78, 5) is 41.0. The molecule has 0 spiro atoms. The molecular weight excluding hydrogens is 479 g/mol. The minimum Gasteiger partial charge on any atom is -0.370 e. The van der Waals surface area contributed by atoms with Crippen molar-refractivity contribution in [1.29, 1.82) is 0 Å². The second-order valence-corrected chi connectivity index (χ2v) is 8.44. The number of carbonyl (C=O) groups is 3. The van der Waals surface area contributed by atoms with Gasteiger partial charge in [0.15, 0.2) is 0 Å². The largest absolute Gasteiger partial charge is 0.370 e. The molecule has 0 aromatic heterocycles. The van der Waals surface area contributed by atoms with E-state index in [9.17, 15) is 18.8 Å². The van der Waals surface area contributed by atoms with Crippen LogP contribution in [0.25, 0.3) is 0 Å². The average Bonchev–Trinajstić information content (AvgIpc) is 3.34. The Kier molecular flexibility index (Phi) is 8.04. The van der Waals surface area contributed by atoms with Crippen LogP contribution in [0.5, 0.6) is 0 Å². The molecule has 0 bridgehead atoms. The summed E-state index contributed by atoms with van der Waals surface area (Å²) in [6.07, 6.45) is 10.4. The molecule has 190 valence electrons. The normalized spacial score (nSPS) is 19.2. The first kappa shape index (κ1) is 25.7. The van der Waals surface area contributed by atoms with Crippen LogP contribution in [0.4, 0.5) is 26.2 Å². The van der Waals surface area contributed by atoms with Crippen LogP contribution in [0.15, 0.2) is 42.5 Å². The van der Waals surface area contributed by atoms with Gasteiger partial charge in [0.1, 0.15) is 25.1 Å². The molecule has 2 aliphatic heterocycles. The lowest BCUT2D eigenvalue weighted by Crippen LogP contribution is -2.45. The quantitative estimate of drug-likeness (QED) is 0.589. The molecule has 2 aromatic carbocycles. The van der Waals surface area contributed by atoms with Gasteiger partial charge < -0.3 is 29.9 Å². The highest BCUT2D eigenvalue weighted by Gasteiger charge is 2.40. The Balaban J connectivity index is 1.48. The molecule has 0 radical (unpaired) electrons. The molecule has 4 rings (SSSR count). The van der Waals surface area contributed by atoms with Gasteiger partial charge in [-0.15, -0.1) is 12.8 Å². The Morgan fingerprint density at radius 3 is 2.62 bits per heavy atom. The summed E-state index contributed by atoms with van der Waals surface area (Å²) in [6.45, 7) is 0.729. The Bertz CT molecular complexity index is 1270. The van der Waals surface area contributed by atoms with E-state index in [4.69, 9.17) is 22.3 Å². The third kappa shape index (κ3) is 6.07. The predicted molar refractivity (Wildman–Crippen MR) is 135 cm³/mol. The summed E-state index contributed by atoms with van der Waals surface area (Å²) in [5.41, 5.74) is 1.44. The van der Waals surface area contributed by atoms with Gasteiger partial charge in [-0.2, -0.15) is 0 Å². The highest BCUT2D eigenvalue weighted by molar-refractivity contribution is 6.00. The van der Waals surface area contributed by atoms with Gasteiger partial charge in [0, 0.05) is 36.4 Å². The summed E-state index contributed by atoms with van der Waals surface area (Å²) in [6, 6.07) is 9.30. The first-order chi connectivity index (χ1) is 17.9. The average molecular weight is 505 g/mol. The van der Waals surface area contributed by atoms with Crippen molar-refractivity contribution in [3.63, 3.8) is 0 Å². The van der Waals surface area contributed by atoms with E-state index in [0.717, 1.165) is 0 Å². The fourth-order valence-corrected chi connectivity index (χ4v) is 4.18. The van der Waals surface area contributed by atoms with Crippen molar-refractivity contribution in [2.75, 3.05) is 48.4 Å². The van der Waals surface area contributed by atoms with Crippen molar-refractivity contribution in [1.82, 2.24) is 4.90 Å². The maximum atomic E-state index is 14.9. The van der Waals surface area contributed by atoms with E-state index in [1.54, 1.807) is 30.3 Å². The number of urea groups is 1. The second-order valence-electron chi connectivity index (χ2n) is 8.44. The molecule has 2 heterocycles. The Morgan fingerprint density at radius 1 is 1.16 bits per heavy atom. The van der Waals surface area contributed by atoms with Crippen LogP contribution in [-0.4, -0.2) is 67.8 Å². The lowest BCUT2D eigenvalue weighted by molar-refractivity contribution is -0.125. The minimum atomic E-state index is -0.937. The number of halogens is 1. The van der Waals surface area contributed by atoms with Gasteiger partial charge in [-0.25, -0.2) is 9.18 Å². The van der Waals surface area contributed by atoms with Crippen LogP contribution in [0.2, 0.25) is 0 Å². The Morgan fingerprint density at radius 2 is 1.95 bits per heavy atom. The van der Waals surface area contributed by atoms with Crippen molar-refractivity contribution < 1.29 is 28.2 Å². The molecular formula is C27H25FN4O5. The zero-order valence-corrected chi connectivity index (χ0v) is 19.9. The van der Waals surface area contributed by atoms with E-state index >= 15 is 0 Å². The maximum Gasteiger partial charge on any atom is 0.322 e. The molecule has 2 atom stereocenters. The highest BCUT2D eigenvalue weighted by atomic mass is 19.1. The third-order valence-electron chi connectivity index (χ3n) is 6.04. The van der Waals surface area contributed by atoms with E-state index in [0.29, 0.717) is 30.1 Å². The van der Waals surface area contributed by atoms with Crippen molar-refractivity contribution in [3.8, 4) is 24.7 Å². The molecule has 2 aromatic rings. The Hall–Kier alpha value is -4.38. The van der Waals surface area contributed by atoms with Crippen molar-refractivity contribution in [3.05, 3.63) is 53.8 Å². The summed E-state index contributed by atoms with van der Waals surface area (Å²) in [5.74, 6) is 3.29. The fourth-order valence-electron chi connectivity index (χ4n) is 4.18. The van der Waals surface area contributed by atoms with Crippen LogP contribution in [0.1, 0.15) is 12.0 Å². The van der Waals surface area contributed by atoms with Crippen LogP contribution in [0.3, 0.4) is 0 Å². The van der Waals surface area contributed by atoms with Gasteiger partial charge in [-0.3, -0.25) is 9.59 Å². The zero-order valence-electron chi connectivity index (χ0n) is 19.9. The standard InChI is InChI=1S/C27H25FN4O5/c1-3-12-37-21-15-24(32(16-21)27(35)29-19-7-5-18(4-2)6-8-19)26(34)30-23-10-9-20(14-22(23)28)31-11-13-36-17-25(31)33/h1-2,5-10,14,21,24H,11-13,15-17H2,(H,29,35)(H,30,34). The summed E-state index contributed by atoms with van der Waals surface area (Å²) < 4.78 is 25.6. The molecule has 37 heavy (non-hydrogen) atoms. The molecule has 0 saturated carbocycles. The second kappa shape index (κ2) is 11.6. The SMILES string of the molecule is C#CCOC1CC(C(=O)Nc2ccc(N3CCOCC3=O)cc2F)N(C(=O)Nc2ccc(C#C)cc2)C1. The van der Waals surface area contributed by atoms with Crippen LogP contribution in [0, 0.1) is 30.5 Å². The van der Waals surface area contributed by atoms with Gasteiger partial charge in [0.05, 0.1) is 18.4 Å². The number of hydrogen-bond acceptors (Lipinski definition) is 5. The number of anilines is 3. The fraction of sp³-hybridized carbons (Fsp3) is 0.296. The van der Waals surface area contributed by atoms with Gasteiger partial charge in [0.25, 0.3) is 5.91 Å². The smallest absolute Gasteiger partial charge is 0.322 e. The molecule has 2 fully saturated rings. The number of nitrogens with zero attached hydrogens (tertiary/aromatic N) is 2. The molecule has 2 unspecified atom stereocenters. The third-order valence-corrected chi connectivity index (χ3v) is 6.04. The van der Waals surface area contributed by atoms with Gasteiger partial charge in [0.2, 0.25) is 5.91 Å². The minimum absolute atomic E-state index is 0.0262. The number of benzene rings is 2. The number of rotatable bonds is 6. The van der Waals surface area contributed by atoms with E-state index in [-0.39, 0.29) is 37.8 Å². The van der Waals surface area contributed by atoms with Crippen LogP contribution < -0.4 is 15.5 Å². The molecule has 2 N–H and O–H groups in total. The van der Waals surface area contributed by atoms with Crippen molar-refractivity contribution >= 4 is 34.9 Å². The predicted octanol–water partition coefficient (Wildman–Crippen LogP) is 2.43. The number of likely N-dealkylation sites (tertiary alicyclic amines) is 1. The maximum absolute atomic E-state index is 14.9. The number of terminal acetylenes is 2. The Labute approximate surface area is 213 Å². The molecule has 9 nitrogen and oxygen atoms in total. The molecule has 2 saturated heterocycles. The lowest BCUT2D eigenvalue weighted by atomic mass is 10.1. The number of carbonyl (C=O) groups excluding carboxylic acids is 3. The highest BCUT2D eigenvalue weighted by Crippen LogP contribution is 2.26. The molecule has 10 heteroatoms. The van der Waals surface area contributed by atoms with Crippen molar-refractivity contribution in [2.45, 2.75) is 18.6 Å². The number of nitrogens with one attached hydrogen (secondary N) is 2. The molecule has 4 amide bonds. The number of morpholine rings is 1. The van der Waals surface area contributed by atoms with Gasteiger partial charge in [-0.05, 0) is 42.5 Å². The number of ether oxygens (including phenoxy) is 2. The van der Waals surface area contributed by atoms with Crippen molar-refractivity contribution in [2.24, 2.45) is 0 Å². The first-order valence-electron chi connectivity index (χ1n) is 11.6. The topological polar surface area (TPSA) is 100 Å². The first-order valence-corrected chi connectivity index (χ1v) is 11.6. The lowest BCUT2D eigenvalue weighted by Gasteiger charge is -2.27. The van der Waals surface area contributed by atoms with Crippen LogP contribution >= 0.6 is 0 Å². The monoisotopic (exact) mass is 504 g/mol. The van der Waals surface area contributed by atoms with E-state index in [2.05, 4.69) is 22.5 Å². The van der Waals surface area contributed by atoms with Crippen LogP contribution in [-0.2, 0) is 19.1 Å². The summed E-state index contributed by atoms with van der Waals surface area (Å²) in [5, 5.41) is 5.29. The van der Waals surface area contributed by atoms with E-state index < -0.39 is 29.9 Å². The number of hydrogen-bond donors (Lipinski definition) is 2. The van der Waals surface area contributed by atoms with Gasteiger partial charge >= 0.3 is 6.03 Å².